The molecular weight excluding hydrogens is 1340 g/mol. The number of hydrogen-bond donors (Lipinski definition) is 4. The van der Waals surface area contributed by atoms with Gasteiger partial charge >= 0.3 is 0 Å². The summed E-state index contributed by atoms with van der Waals surface area (Å²) in [6.07, 6.45) is 3.13. The normalized spacial score (nSPS) is 24.0. The molecular formula is C68H105IN12O14. The molecule has 0 aliphatic carbocycles. The van der Waals surface area contributed by atoms with Crippen molar-refractivity contribution in [2.75, 3.05) is 109 Å². The van der Waals surface area contributed by atoms with Gasteiger partial charge in [0.25, 0.3) is 0 Å². The van der Waals surface area contributed by atoms with Crippen molar-refractivity contribution in [2.45, 2.75) is 167 Å². The van der Waals surface area contributed by atoms with Crippen molar-refractivity contribution < 1.29 is 67.0 Å². The zero-order valence-electron chi connectivity index (χ0n) is 58.5. The summed E-state index contributed by atoms with van der Waals surface area (Å²) in [4.78, 5) is 186. The number of hydrogen-bond acceptors (Lipinski definition) is 14. The van der Waals surface area contributed by atoms with E-state index in [-0.39, 0.29) is 51.2 Å². The van der Waals surface area contributed by atoms with Crippen molar-refractivity contribution in [2.24, 2.45) is 11.8 Å². The van der Waals surface area contributed by atoms with E-state index in [1.165, 1.54) is 68.5 Å². The zero-order chi connectivity index (χ0) is 71.0. The minimum atomic E-state index is -1.44. The number of nitrogens with one attached hydrogen (secondary N) is 4. The Morgan fingerprint density at radius 2 is 1.18 bits per heavy atom. The lowest BCUT2D eigenvalue weighted by Crippen LogP contribution is -2.61. The van der Waals surface area contributed by atoms with Gasteiger partial charge in [-0.25, -0.2) is 0 Å². The lowest BCUT2D eigenvalue weighted by molar-refractivity contribution is -0.151. The van der Waals surface area contributed by atoms with Gasteiger partial charge in [-0.3, -0.25) is 57.5 Å². The largest absolute Gasteiger partial charge is 0.385 e. The lowest BCUT2D eigenvalue weighted by atomic mass is 9.97. The van der Waals surface area contributed by atoms with Gasteiger partial charge in [-0.1, -0.05) is 95.8 Å². The number of rotatable bonds is 17. The predicted octanol–water partition coefficient (Wildman–Crippen LogP) is 2.39. The highest BCUT2D eigenvalue weighted by Crippen LogP contribution is 2.22. The second kappa shape index (κ2) is 39.1. The van der Waals surface area contributed by atoms with Crippen molar-refractivity contribution in [1.29, 1.82) is 0 Å². The summed E-state index contributed by atoms with van der Waals surface area (Å²) in [7, 11) is 12.4. The maximum absolute atomic E-state index is 15.1. The molecule has 2 heterocycles. The maximum atomic E-state index is 15.1. The van der Waals surface area contributed by atoms with Crippen LogP contribution in [0.25, 0.3) is 0 Å². The standard InChI is InChI=1S/C68H105IN12O14/c1-16-18-25-49-64(89)80(13)55(42-95-15)63(88)72-51(34-43(3)4)65(90)79(12)54(67(92)81-31-20-19-21-32-81)38-57(83)77(10)52(30-33-94-14)62(87)73-60(45(6)17-2)68(93)76(9)40-58(84)74(7)41-59(85)78(11)53(37-46-28-26-44(5)27-29-46)66(91)75(8)39-56(82)70-50(61(86)71-49)36-47-23-22-24-48(69)35-47/h22-24,26-29,35,43,45,49-55,60H,16-21,25,30-34,36-42H2,1-15H3,(H,70,82)(H,71,86)(H,72,88)(H,73,87)/t45-,49-,50-,51-,52-,53-,54-,55-,60-/m0/s1. The fourth-order valence-corrected chi connectivity index (χ4v) is 12.1. The third kappa shape index (κ3) is 23.8. The molecule has 2 aliphatic heterocycles. The first-order chi connectivity index (χ1) is 44.9. The smallest absolute Gasteiger partial charge is 0.245 e. The predicted molar refractivity (Wildman–Crippen MR) is 366 cm³/mol. The average molecular weight is 1440 g/mol. The molecule has 2 fully saturated rings. The van der Waals surface area contributed by atoms with Gasteiger partial charge in [0.05, 0.1) is 32.7 Å². The number of unbranched alkanes of at least 4 members (excludes halogenated alkanes) is 1. The van der Waals surface area contributed by atoms with Crippen LogP contribution in [0.15, 0.2) is 48.5 Å². The van der Waals surface area contributed by atoms with Crippen LogP contribution in [0.3, 0.4) is 0 Å². The molecule has 0 saturated carbocycles. The molecule has 9 atom stereocenters. The molecule has 2 aromatic carbocycles. The number of likely N-dealkylation sites (tertiary alicyclic amines) is 1. The Morgan fingerprint density at radius 3 is 1.78 bits per heavy atom. The average Bonchev–Trinajstić information content (AvgIpc) is 0.837. The van der Waals surface area contributed by atoms with Gasteiger partial charge in [-0.2, -0.15) is 0 Å². The Labute approximate surface area is 575 Å². The fraction of sp³-hybridized carbons (Fsp3) is 0.647. The minimum absolute atomic E-state index is 0.000332. The number of aryl methyl sites for hydroxylation is 1. The monoisotopic (exact) mass is 1440 g/mol. The number of amides is 12. The van der Waals surface area contributed by atoms with Crippen molar-refractivity contribution >= 4 is 93.5 Å². The van der Waals surface area contributed by atoms with Crippen molar-refractivity contribution in [3.8, 4) is 0 Å². The van der Waals surface area contributed by atoms with E-state index in [0.29, 0.717) is 56.3 Å². The van der Waals surface area contributed by atoms with Crippen LogP contribution in [0.2, 0.25) is 0 Å². The highest BCUT2D eigenvalue weighted by atomic mass is 127. The minimum Gasteiger partial charge on any atom is -0.385 e. The van der Waals surface area contributed by atoms with Gasteiger partial charge in [0, 0.05) is 106 Å². The molecule has 4 N–H and O–H groups in total. The first-order valence-electron chi connectivity index (χ1n) is 32.9. The summed E-state index contributed by atoms with van der Waals surface area (Å²) in [5, 5.41) is 11.3. The molecule has 95 heavy (non-hydrogen) atoms. The lowest BCUT2D eigenvalue weighted by Gasteiger charge is -2.38. The summed E-state index contributed by atoms with van der Waals surface area (Å²) >= 11 is 2.13. The van der Waals surface area contributed by atoms with Crippen LogP contribution in [0.1, 0.15) is 116 Å². The maximum Gasteiger partial charge on any atom is 0.245 e. The Morgan fingerprint density at radius 1 is 0.579 bits per heavy atom. The molecule has 528 valence electrons. The number of ether oxygens (including phenoxy) is 2. The van der Waals surface area contributed by atoms with Gasteiger partial charge in [0.15, 0.2) is 0 Å². The molecule has 2 saturated heterocycles. The molecule has 0 unspecified atom stereocenters. The first-order valence-corrected chi connectivity index (χ1v) is 34.0. The molecule has 2 aromatic rings. The van der Waals surface area contributed by atoms with E-state index in [4.69, 9.17) is 9.47 Å². The van der Waals surface area contributed by atoms with Crippen LogP contribution in [-0.2, 0) is 79.8 Å². The second-order valence-electron chi connectivity index (χ2n) is 25.8. The number of carbonyl (C=O) groups is 12. The van der Waals surface area contributed by atoms with Gasteiger partial charge in [-0.05, 0) is 96.7 Å². The SMILES string of the molecule is CCCC[C@@H]1NC(=O)[C@H](Cc2cccc(I)c2)NC(=O)CN(C)C(=O)[C@H](Cc2ccc(C)cc2)N(C)C(=O)CN(C)C(=O)CN(C)C(=O)[C@H]([C@@H](C)CC)NC(=O)[C@H](CCOC)N(C)C(=O)C[C@@H](C(=O)N2CCCCC2)N(C)C(=O)[C@H](CC(C)C)NC(=O)[C@H](COC)N(C)C1=O. The summed E-state index contributed by atoms with van der Waals surface area (Å²) in [6.45, 7) is 9.73. The van der Waals surface area contributed by atoms with Gasteiger partial charge < -0.3 is 69.9 Å². The van der Waals surface area contributed by atoms with E-state index in [2.05, 4.69) is 43.9 Å². The van der Waals surface area contributed by atoms with Crippen LogP contribution in [0.5, 0.6) is 0 Å². The highest BCUT2D eigenvalue weighted by molar-refractivity contribution is 14.1. The van der Waals surface area contributed by atoms with Crippen molar-refractivity contribution in [3.63, 3.8) is 0 Å². The molecule has 26 nitrogen and oxygen atoms in total. The molecule has 4 rings (SSSR count). The molecule has 0 spiro atoms. The van der Waals surface area contributed by atoms with Crippen LogP contribution >= 0.6 is 22.6 Å². The van der Waals surface area contributed by atoms with E-state index in [0.717, 1.165) is 45.0 Å². The van der Waals surface area contributed by atoms with Crippen molar-refractivity contribution in [1.82, 2.24) is 60.5 Å². The number of nitrogens with zero attached hydrogens (tertiary/aromatic N) is 8. The Bertz CT molecular complexity index is 2970. The number of piperidine rings is 1. The van der Waals surface area contributed by atoms with E-state index in [1.54, 1.807) is 24.0 Å². The number of carbonyl (C=O) groups excluding carboxylic acids is 12. The molecule has 0 aromatic heterocycles. The van der Waals surface area contributed by atoms with Crippen LogP contribution < -0.4 is 21.3 Å². The number of benzene rings is 2. The number of halogens is 1. The molecule has 2 aliphatic rings. The topological polar surface area (TPSA) is 297 Å². The highest BCUT2D eigenvalue weighted by Gasteiger charge is 2.42. The number of likely N-dealkylation sites (N-methyl/N-ethyl adjacent to an activating group) is 7. The Kier molecular flexibility index (Phi) is 33.0. The van der Waals surface area contributed by atoms with Crippen molar-refractivity contribution in [3.05, 3.63) is 68.8 Å². The van der Waals surface area contributed by atoms with E-state index in [9.17, 15) is 52.7 Å². The van der Waals surface area contributed by atoms with Gasteiger partial charge in [0.1, 0.15) is 48.3 Å². The fourth-order valence-electron chi connectivity index (χ4n) is 11.5. The van der Waals surface area contributed by atoms with Crippen LogP contribution in [0, 0.1) is 22.3 Å². The summed E-state index contributed by atoms with van der Waals surface area (Å²) in [6, 6.07) is 4.15. The third-order valence-electron chi connectivity index (χ3n) is 17.9. The summed E-state index contributed by atoms with van der Waals surface area (Å²) in [5.41, 5.74) is 2.29. The molecule has 0 radical (unpaired) electrons. The molecule has 0 bridgehead atoms. The Hall–Kier alpha value is -7.27. The first kappa shape index (κ1) is 80.2. The molecule has 27 heteroatoms. The quantitative estimate of drug-likeness (QED) is 0.166. The van der Waals surface area contributed by atoms with E-state index >= 15 is 4.79 Å². The van der Waals surface area contributed by atoms with Crippen LogP contribution in [0.4, 0.5) is 0 Å². The summed E-state index contributed by atoms with van der Waals surface area (Å²) < 4.78 is 11.8. The number of methoxy groups -OCH3 is 2. The third-order valence-corrected chi connectivity index (χ3v) is 18.5. The molecule has 12 amide bonds. The second-order valence-corrected chi connectivity index (χ2v) is 27.1. The summed E-state index contributed by atoms with van der Waals surface area (Å²) in [5.74, 6) is -9.01. The Balaban J connectivity index is 1.89. The van der Waals surface area contributed by atoms with Gasteiger partial charge in [0.2, 0.25) is 70.9 Å². The van der Waals surface area contributed by atoms with E-state index < -0.39 is 151 Å². The van der Waals surface area contributed by atoms with Gasteiger partial charge in [-0.15, -0.1) is 0 Å². The zero-order valence-corrected chi connectivity index (χ0v) is 60.7. The van der Waals surface area contributed by atoms with E-state index in [1.807, 2.05) is 71.0 Å². The van der Waals surface area contributed by atoms with Crippen LogP contribution in [-0.4, -0.2) is 268 Å².